The molecule has 6 rings (SSSR count). The van der Waals surface area contributed by atoms with Gasteiger partial charge in [0.2, 0.25) is 0 Å². The van der Waals surface area contributed by atoms with E-state index in [0.717, 1.165) is 65.3 Å². The van der Waals surface area contributed by atoms with Crippen molar-refractivity contribution in [3.63, 3.8) is 0 Å². The maximum absolute atomic E-state index is 12.6. The molecule has 4 saturated heterocycles. The van der Waals surface area contributed by atoms with E-state index in [1.165, 1.54) is 6.04 Å². The van der Waals surface area contributed by atoms with E-state index in [-0.39, 0.29) is 23.3 Å². The maximum atomic E-state index is 12.6. The van der Waals surface area contributed by atoms with Crippen LogP contribution in [0.2, 0.25) is 51.4 Å². The van der Waals surface area contributed by atoms with Gasteiger partial charge >= 0.3 is 0 Å². The van der Waals surface area contributed by atoms with E-state index in [1.807, 2.05) is 9.80 Å². The highest BCUT2D eigenvalue weighted by Crippen LogP contribution is 2.39. The summed E-state index contributed by atoms with van der Waals surface area (Å²) in [5.74, 6) is 1.01. The number of rotatable bonds is 11. The predicted octanol–water partition coefficient (Wildman–Crippen LogP) is 5.06. The van der Waals surface area contributed by atoms with Crippen LogP contribution < -0.4 is 20.9 Å². The Labute approximate surface area is 301 Å². The fraction of sp³-hybridized carbons (Fsp3) is 0.733. The Bertz CT molecular complexity index is 1450. The van der Waals surface area contributed by atoms with Gasteiger partial charge < -0.3 is 33.7 Å². The number of hydrogen-bond donors (Lipinski definition) is 1. The summed E-state index contributed by atoms with van der Waals surface area (Å²) in [4.78, 5) is 39.3. The standard InChI is InChI=1S/C15H24BrN3O3Si.C9H10BrN3O2.C6H15ClOSi/c1-23(2,3)5-4-21-11-18-6-12(16)17-13(14(18)20)19-7-15(8-19)9-22-10-15;10-6-1-11-8(14)7(12-6)13-2-9(3-13)4-15-5-9;1-9(2,3)5-4-8-6-7/h6H,4-5,7-11H2,1-3H3;1H,2-5H2,(H,11,14);4-6H2,1-3H3. The van der Waals surface area contributed by atoms with Crippen molar-refractivity contribution in [2.24, 2.45) is 10.8 Å². The van der Waals surface area contributed by atoms with Crippen molar-refractivity contribution in [2.75, 3.05) is 81.7 Å². The number of nitrogens with zero attached hydrogens (tertiary/aromatic N) is 5. The summed E-state index contributed by atoms with van der Waals surface area (Å²) in [6.45, 7) is 22.4. The number of alkyl halides is 1. The quantitative estimate of drug-likeness (QED) is 0.187. The second kappa shape index (κ2) is 16.3. The van der Waals surface area contributed by atoms with Gasteiger partial charge in [0.05, 0.1) is 37.3 Å². The first-order valence-electron chi connectivity index (χ1n) is 15.9. The molecule has 0 saturated carbocycles. The summed E-state index contributed by atoms with van der Waals surface area (Å²) in [6.07, 6.45) is 3.25. The van der Waals surface area contributed by atoms with Crippen LogP contribution in [0.25, 0.3) is 0 Å². The number of halogens is 3. The van der Waals surface area contributed by atoms with Gasteiger partial charge in [-0.3, -0.25) is 14.2 Å². The topological polar surface area (TPSA) is 124 Å². The van der Waals surface area contributed by atoms with Crippen LogP contribution in [0.5, 0.6) is 0 Å². The van der Waals surface area contributed by atoms with Gasteiger partial charge in [0.15, 0.2) is 11.6 Å². The second-order valence-electron chi connectivity index (χ2n) is 15.4. The van der Waals surface area contributed by atoms with Crippen LogP contribution in [0.3, 0.4) is 0 Å². The monoisotopic (exact) mass is 838 g/mol. The van der Waals surface area contributed by atoms with E-state index < -0.39 is 16.1 Å². The first-order chi connectivity index (χ1) is 22.0. The van der Waals surface area contributed by atoms with Crippen LogP contribution in [-0.2, 0) is 25.7 Å². The third kappa shape index (κ3) is 11.2. The Morgan fingerprint density at radius 2 is 1.32 bits per heavy atom. The van der Waals surface area contributed by atoms with Crippen LogP contribution >= 0.6 is 43.5 Å². The number of aromatic nitrogens is 4. The van der Waals surface area contributed by atoms with E-state index in [9.17, 15) is 9.59 Å². The Morgan fingerprint density at radius 1 is 0.830 bits per heavy atom. The minimum atomic E-state index is -1.11. The smallest absolute Gasteiger partial charge is 0.295 e. The summed E-state index contributed by atoms with van der Waals surface area (Å²) in [5.41, 5.74) is 0.343. The molecule has 2 aromatic heterocycles. The van der Waals surface area contributed by atoms with Crippen LogP contribution in [0, 0.1) is 10.8 Å². The molecule has 0 unspecified atom stereocenters. The van der Waals surface area contributed by atoms with Gasteiger partial charge in [-0.2, -0.15) is 0 Å². The lowest BCUT2D eigenvalue weighted by Gasteiger charge is -2.55. The number of hydrogen-bond acceptors (Lipinski definition) is 10. The summed E-state index contributed by atoms with van der Waals surface area (Å²) < 4.78 is 24.1. The average Bonchev–Trinajstić information content (AvgIpc) is 2.87. The second-order valence-corrected chi connectivity index (χ2v) is 28.5. The Balaban J connectivity index is 0.000000178. The SMILES string of the molecule is C[Si](C)(C)CCOCCl.C[Si](C)(C)CCOCn1cc(Br)nc(N2CC3(COC3)C2)c1=O.O=c1[nH]cc(Br)nc1N1CC2(COC2)C1. The van der Waals surface area contributed by atoms with E-state index in [0.29, 0.717) is 38.9 Å². The first-order valence-corrected chi connectivity index (χ1v) is 25.5. The van der Waals surface area contributed by atoms with Crippen LogP contribution in [0.1, 0.15) is 0 Å². The van der Waals surface area contributed by atoms with Crippen molar-refractivity contribution >= 4 is 71.2 Å². The van der Waals surface area contributed by atoms with Crippen LogP contribution in [-0.4, -0.2) is 108 Å². The molecule has 0 amide bonds. The van der Waals surface area contributed by atoms with Gasteiger partial charge in [0.1, 0.15) is 22.0 Å². The fourth-order valence-corrected chi connectivity index (χ4v) is 7.65. The van der Waals surface area contributed by atoms with Crippen molar-refractivity contribution in [1.82, 2.24) is 19.5 Å². The van der Waals surface area contributed by atoms with Gasteiger partial charge in [-0.05, 0) is 43.9 Å². The number of nitrogens with one attached hydrogen (secondary N) is 1. The molecule has 0 atom stereocenters. The highest BCUT2D eigenvalue weighted by Gasteiger charge is 2.51. The molecule has 4 fully saturated rings. The summed E-state index contributed by atoms with van der Waals surface area (Å²) in [7, 11) is -1.99. The molecule has 264 valence electrons. The minimum absolute atomic E-state index is 0.0868. The first kappa shape index (κ1) is 38.7. The fourth-order valence-electron chi connectivity index (χ4n) is 5.33. The van der Waals surface area contributed by atoms with Gasteiger partial charge in [-0.1, -0.05) is 50.9 Å². The molecule has 0 aromatic carbocycles. The van der Waals surface area contributed by atoms with Gasteiger partial charge in [0.25, 0.3) is 11.1 Å². The zero-order chi connectivity index (χ0) is 34.5. The summed E-state index contributed by atoms with van der Waals surface area (Å²) >= 11 is 12.0. The minimum Gasteiger partial charge on any atom is -0.380 e. The third-order valence-corrected chi connectivity index (χ3v) is 12.7. The van der Waals surface area contributed by atoms with E-state index in [2.05, 4.69) is 86.1 Å². The van der Waals surface area contributed by atoms with Crippen molar-refractivity contribution in [1.29, 1.82) is 0 Å². The third-order valence-electron chi connectivity index (χ3n) is 8.30. The highest BCUT2D eigenvalue weighted by molar-refractivity contribution is 9.10. The molecule has 2 aromatic rings. The molecule has 0 bridgehead atoms. The average molecular weight is 841 g/mol. The molecule has 0 radical (unpaired) electrons. The van der Waals surface area contributed by atoms with E-state index in [1.54, 1.807) is 17.0 Å². The summed E-state index contributed by atoms with van der Waals surface area (Å²) in [5, 5.41) is 0. The lowest BCUT2D eigenvalue weighted by Crippen LogP contribution is -2.67. The van der Waals surface area contributed by atoms with Crippen molar-refractivity contribution < 1.29 is 18.9 Å². The zero-order valence-electron chi connectivity index (χ0n) is 28.4. The van der Waals surface area contributed by atoms with Crippen molar-refractivity contribution in [2.45, 2.75) is 58.1 Å². The molecule has 1 N–H and O–H groups in total. The maximum Gasteiger partial charge on any atom is 0.295 e. The molecule has 4 aliphatic heterocycles. The van der Waals surface area contributed by atoms with E-state index >= 15 is 0 Å². The Kier molecular flexibility index (Phi) is 13.4. The van der Waals surface area contributed by atoms with Crippen LogP contribution in [0.15, 0.2) is 31.2 Å². The normalized spacial score (nSPS) is 19.0. The van der Waals surface area contributed by atoms with E-state index in [4.69, 9.17) is 30.5 Å². The molecule has 4 aliphatic rings. The molecule has 47 heavy (non-hydrogen) atoms. The largest absolute Gasteiger partial charge is 0.380 e. The number of anilines is 2. The Morgan fingerprint density at radius 3 is 1.79 bits per heavy atom. The number of H-pyrrole nitrogens is 1. The molecule has 6 heterocycles. The Hall–Kier alpha value is -1.12. The van der Waals surface area contributed by atoms with Crippen LogP contribution in [0.4, 0.5) is 11.6 Å². The molecule has 0 aliphatic carbocycles. The molecular formula is C30H49Br2ClN6O6Si2. The number of aromatic amines is 1. The van der Waals surface area contributed by atoms with Gasteiger partial charge in [0, 0.05) is 67.9 Å². The van der Waals surface area contributed by atoms with Crippen molar-refractivity contribution in [3.05, 3.63) is 42.3 Å². The number of ether oxygens (including phenoxy) is 4. The zero-order valence-corrected chi connectivity index (χ0v) is 34.3. The lowest BCUT2D eigenvalue weighted by molar-refractivity contribution is -0.127. The van der Waals surface area contributed by atoms with Gasteiger partial charge in [-0.15, -0.1) is 0 Å². The highest BCUT2D eigenvalue weighted by atomic mass is 79.9. The lowest BCUT2D eigenvalue weighted by atomic mass is 9.78. The molecule has 12 nitrogen and oxygen atoms in total. The molecular weight excluding hydrogens is 792 g/mol. The molecule has 17 heteroatoms. The van der Waals surface area contributed by atoms with Gasteiger partial charge in [-0.25, -0.2) is 9.97 Å². The summed E-state index contributed by atoms with van der Waals surface area (Å²) in [6, 6.07) is 2.64. The molecule has 2 spiro atoms. The van der Waals surface area contributed by atoms with Crippen molar-refractivity contribution in [3.8, 4) is 0 Å². The predicted molar refractivity (Wildman–Crippen MR) is 199 cm³/mol.